The summed E-state index contributed by atoms with van der Waals surface area (Å²) in [6, 6.07) is 3.53. The maximum atomic E-state index is 11.4. The fraction of sp³-hybridized carbons (Fsp3) is 0.400. The summed E-state index contributed by atoms with van der Waals surface area (Å²) in [4.78, 5) is 15.5. The lowest BCUT2D eigenvalue weighted by Crippen LogP contribution is -2.11. The van der Waals surface area contributed by atoms with E-state index in [1.165, 1.54) is 18.0 Å². The van der Waals surface area contributed by atoms with Gasteiger partial charge in [0.1, 0.15) is 0 Å². The van der Waals surface area contributed by atoms with Crippen LogP contribution in [0.25, 0.3) is 0 Å². The summed E-state index contributed by atoms with van der Waals surface area (Å²) in [6.45, 7) is 3.64. The summed E-state index contributed by atoms with van der Waals surface area (Å²) in [5.74, 6) is -0.319. The van der Waals surface area contributed by atoms with E-state index in [4.69, 9.17) is 4.74 Å². The highest BCUT2D eigenvalue weighted by Gasteiger charge is 2.08. The van der Waals surface area contributed by atoms with Crippen LogP contribution in [0.2, 0.25) is 0 Å². The molecule has 0 N–H and O–H groups in total. The zero-order chi connectivity index (χ0) is 10.6. The van der Waals surface area contributed by atoms with Crippen LogP contribution in [0.4, 0.5) is 0 Å². The number of hydrogen-bond donors (Lipinski definition) is 0. The molecule has 0 radical (unpaired) electrons. The van der Waals surface area contributed by atoms with Gasteiger partial charge in [0.2, 0.25) is 0 Å². The molecule has 1 aromatic heterocycles. The minimum Gasteiger partial charge on any atom is -0.459 e. The molecule has 76 valence electrons. The van der Waals surface area contributed by atoms with Gasteiger partial charge >= 0.3 is 5.97 Å². The molecule has 0 aliphatic heterocycles. The summed E-state index contributed by atoms with van der Waals surface area (Å²) in [6.07, 6.45) is 3.38. The number of thioether (sulfide) groups is 1. The Balaban J connectivity index is 2.71. The Kier molecular flexibility index (Phi) is 3.95. The highest BCUT2D eigenvalue weighted by molar-refractivity contribution is 7.98. The van der Waals surface area contributed by atoms with E-state index in [1.54, 1.807) is 6.07 Å². The quantitative estimate of drug-likeness (QED) is 0.568. The fourth-order valence-corrected chi connectivity index (χ4v) is 1.27. The van der Waals surface area contributed by atoms with Crippen molar-refractivity contribution in [2.75, 3.05) is 6.26 Å². The summed E-state index contributed by atoms with van der Waals surface area (Å²) in [5.41, 5.74) is 0.497. The summed E-state index contributed by atoms with van der Waals surface area (Å²) in [5, 5.41) is 0.895. The Hall–Kier alpha value is -1.03. The minimum absolute atomic E-state index is 0.0947. The number of ether oxygens (including phenoxy) is 1. The van der Waals surface area contributed by atoms with E-state index in [-0.39, 0.29) is 12.1 Å². The molecule has 3 nitrogen and oxygen atoms in total. The molecule has 14 heavy (non-hydrogen) atoms. The second-order valence-electron chi connectivity index (χ2n) is 3.04. The van der Waals surface area contributed by atoms with Gasteiger partial charge in [-0.1, -0.05) is 0 Å². The Morgan fingerprint density at radius 1 is 1.50 bits per heavy atom. The maximum Gasteiger partial charge on any atom is 0.339 e. The number of hydrogen-bond acceptors (Lipinski definition) is 4. The van der Waals surface area contributed by atoms with Gasteiger partial charge in [-0.05, 0) is 32.2 Å². The average molecular weight is 211 g/mol. The molecule has 1 rings (SSSR count). The zero-order valence-corrected chi connectivity index (χ0v) is 9.30. The van der Waals surface area contributed by atoms with Crippen LogP contribution >= 0.6 is 11.8 Å². The molecule has 1 heterocycles. The molecular formula is C10H13NO2S. The van der Waals surface area contributed by atoms with Gasteiger partial charge in [0.15, 0.2) is 0 Å². The Labute approximate surface area is 87.9 Å². The number of rotatable bonds is 3. The molecular weight excluding hydrogens is 198 g/mol. The van der Waals surface area contributed by atoms with Crippen molar-refractivity contribution in [1.29, 1.82) is 0 Å². The summed E-state index contributed by atoms with van der Waals surface area (Å²) >= 11 is 1.54. The highest BCUT2D eigenvalue weighted by atomic mass is 32.2. The smallest absolute Gasteiger partial charge is 0.339 e. The number of carbonyl (C=O) groups excluding carboxylic acids is 1. The molecule has 0 unspecified atom stereocenters. The third-order valence-electron chi connectivity index (χ3n) is 1.52. The largest absolute Gasteiger partial charge is 0.459 e. The van der Waals surface area contributed by atoms with E-state index >= 15 is 0 Å². The van der Waals surface area contributed by atoms with E-state index in [9.17, 15) is 4.79 Å². The fourth-order valence-electron chi connectivity index (χ4n) is 0.904. The second kappa shape index (κ2) is 5.00. The number of pyridine rings is 1. The maximum absolute atomic E-state index is 11.4. The van der Waals surface area contributed by atoms with Crippen molar-refractivity contribution >= 4 is 17.7 Å². The molecule has 0 amide bonds. The normalized spacial score (nSPS) is 10.3. The molecule has 0 saturated carbocycles. The number of carbonyl (C=O) groups is 1. The lowest BCUT2D eigenvalue weighted by molar-refractivity contribution is 0.0377. The highest BCUT2D eigenvalue weighted by Crippen LogP contribution is 2.11. The molecule has 0 spiro atoms. The lowest BCUT2D eigenvalue weighted by atomic mass is 10.3. The van der Waals surface area contributed by atoms with Gasteiger partial charge in [-0.15, -0.1) is 11.8 Å². The number of aromatic nitrogens is 1. The van der Waals surface area contributed by atoms with Crippen LogP contribution in [0.3, 0.4) is 0 Å². The van der Waals surface area contributed by atoms with E-state index in [0.29, 0.717) is 5.56 Å². The van der Waals surface area contributed by atoms with Gasteiger partial charge in [0, 0.05) is 6.20 Å². The van der Waals surface area contributed by atoms with Crippen molar-refractivity contribution in [2.45, 2.75) is 25.0 Å². The first kappa shape index (κ1) is 11.0. The van der Waals surface area contributed by atoms with E-state index < -0.39 is 0 Å². The van der Waals surface area contributed by atoms with Crippen molar-refractivity contribution in [2.24, 2.45) is 0 Å². The third kappa shape index (κ3) is 3.03. The van der Waals surface area contributed by atoms with Gasteiger partial charge in [-0.3, -0.25) is 0 Å². The van der Waals surface area contributed by atoms with E-state index in [0.717, 1.165) is 5.03 Å². The predicted molar refractivity (Wildman–Crippen MR) is 56.6 cm³/mol. The van der Waals surface area contributed by atoms with Crippen LogP contribution < -0.4 is 0 Å². The van der Waals surface area contributed by atoms with Gasteiger partial charge in [-0.25, -0.2) is 9.78 Å². The number of esters is 1. The lowest BCUT2D eigenvalue weighted by Gasteiger charge is -2.07. The molecule has 0 atom stereocenters. The van der Waals surface area contributed by atoms with Gasteiger partial charge in [0.25, 0.3) is 0 Å². The monoisotopic (exact) mass is 211 g/mol. The molecule has 0 aliphatic rings. The molecule has 0 saturated heterocycles. The Morgan fingerprint density at radius 3 is 2.64 bits per heavy atom. The van der Waals surface area contributed by atoms with Crippen LogP contribution in [0, 0.1) is 0 Å². The first-order chi connectivity index (χ1) is 6.63. The van der Waals surface area contributed by atoms with Crippen LogP contribution in [-0.2, 0) is 4.74 Å². The molecule has 4 heteroatoms. The first-order valence-corrected chi connectivity index (χ1v) is 5.57. The molecule has 1 aromatic rings. The van der Waals surface area contributed by atoms with Crippen molar-refractivity contribution in [3.8, 4) is 0 Å². The predicted octanol–water partition coefficient (Wildman–Crippen LogP) is 2.37. The van der Waals surface area contributed by atoms with Crippen LogP contribution in [0.5, 0.6) is 0 Å². The average Bonchev–Trinajstić information content (AvgIpc) is 2.17. The summed E-state index contributed by atoms with van der Waals surface area (Å²) in [7, 11) is 0. The zero-order valence-electron chi connectivity index (χ0n) is 8.48. The molecule has 0 aromatic carbocycles. The molecule has 0 fully saturated rings. The van der Waals surface area contributed by atoms with E-state index in [2.05, 4.69) is 4.98 Å². The minimum atomic E-state index is -0.319. The van der Waals surface area contributed by atoms with Gasteiger partial charge in [-0.2, -0.15) is 0 Å². The van der Waals surface area contributed by atoms with Crippen molar-refractivity contribution in [3.63, 3.8) is 0 Å². The SMILES string of the molecule is CSc1ccc(C(=O)OC(C)C)cn1. The molecule has 0 bridgehead atoms. The van der Waals surface area contributed by atoms with Gasteiger partial charge < -0.3 is 4.74 Å². The van der Waals surface area contributed by atoms with Crippen molar-refractivity contribution in [1.82, 2.24) is 4.98 Å². The van der Waals surface area contributed by atoms with Crippen LogP contribution in [0.15, 0.2) is 23.4 Å². The molecule has 0 aliphatic carbocycles. The van der Waals surface area contributed by atoms with Crippen LogP contribution in [-0.4, -0.2) is 23.3 Å². The number of nitrogens with zero attached hydrogens (tertiary/aromatic N) is 1. The standard InChI is InChI=1S/C10H13NO2S/c1-7(2)13-10(12)8-4-5-9(14-3)11-6-8/h4-7H,1-3H3. The third-order valence-corrected chi connectivity index (χ3v) is 2.18. The Bertz CT molecular complexity index is 308. The van der Waals surface area contributed by atoms with Crippen molar-refractivity contribution in [3.05, 3.63) is 23.9 Å². The van der Waals surface area contributed by atoms with Gasteiger partial charge in [0.05, 0.1) is 16.7 Å². The summed E-state index contributed by atoms with van der Waals surface area (Å²) < 4.78 is 5.02. The van der Waals surface area contributed by atoms with Crippen molar-refractivity contribution < 1.29 is 9.53 Å². The first-order valence-electron chi connectivity index (χ1n) is 4.34. The van der Waals surface area contributed by atoms with E-state index in [1.807, 2.05) is 26.2 Å². The topological polar surface area (TPSA) is 39.2 Å². The second-order valence-corrected chi connectivity index (χ2v) is 3.87. The van der Waals surface area contributed by atoms with Crippen LogP contribution in [0.1, 0.15) is 24.2 Å². The Morgan fingerprint density at radius 2 is 2.21 bits per heavy atom.